The number of amides is 1. The van der Waals surface area contributed by atoms with Crippen molar-refractivity contribution in [2.24, 2.45) is 0 Å². The van der Waals surface area contributed by atoms with Gasteiger partial charge in [-0.2, -0.15) is 0 Å². The van der Waals surface area contributed by atoms with Crippen LogP contribution in [0.3, 0.4) is 0 Å². The van der Waals surface area contributed by atoms with Gasteiger partial charge in [0.15, 0.2) is 0 Å². The molecule has 0 aromatic carbocycles. The number of nitrogens with zero attached hydrogens (tertiary/aromatic N) is 1. The second-order valence-corrected chi connectivity index (χ2v) is 3.18. The van der Waals surface area contributed by atoms with Crippen LogP contribution in [0, 0.1) is 0 Å². The lowest BCUT2D eigenvalue weighted by molar-refractivity contribution is -0.134. The molecule has 1 amide bonds. The molecule has 6 nitrogen and oxygen atoms in total. The van der Waals surface area contributed by atoms with Gasteiger partial charge < -0.3 is 15.2 Å². The quantitative estimate of drug-likeness (QED) is 0.749. The summed E-state index contributed by atoms with van der Waals surface area (Å²) in [6.45, 7) is 1.24. The zero-order valence-electron chi connectivity index (χ0n) is 9.43. The SMILES string of the molecule is COc1cc(/C=C(/NC(C)=O)C(=O)O)ccn1. The van der Waals surface area contributed by atoms with Crippen molar-refractivity contribution in [2.75, 3.05) is 7.11 Å². The number of aromatic nitrogens is 1. The highest BCUT2D eigenvalue weighted by Crippen LogP contribution is 2.11. The van der Waals surface area contributed by atoms with E-state index in [0.29, 0.717) is 11.4 Å². The smallest absolute Gasteiger partial charge is 0.352 e. The molecule has 6 heteroatoms. The van der Waals surface area contributed by atoms with Crippen molar-refractivity contribution in [3.05, 3.63) is 29.6 Å². The number of rotatable bonds is 4. The second kappa shape index (κ2) is 5.64. The molecule has 1 rings (SSSR count). The number of carbonyl (C=O) groups is 2. The van der Waals surface area contributed by atoms with Crippen molar-refractivity contribution < 1.29 is 19.4 Å². The van der Waals surface area contributed by atoms with Crippen LogP contribution in [0.4, 0.5) is 0 Å². The first-order valence-electron chi connectivity index (χ1n) is 4.75. The van der Waals surface area contributed by atoms with E-state index in [1.165, 1.54) is 26.3 Å². The Balaban J connectivity index is 3.03. The Bertz CT molecular complexity index is 468. The summed E-state index contributed by atoms with van der Waals surface area (Å²) >= 11 is 0. The number of hydrogen-bond acceptors (Lipinski definition) is 4. The average molecular weight is 236 g/mol. The van der Waals surface area contributed by atoms with Gasteiger partial charge in [-0.15, -0.1) is 0 Å². The van der Waals surface area contributed by atoms with E-state index in [0.717, 1.165) is 0 Å². The lowest BCUT2D eigenvalue weighted by atomic mass is 10.2. The highest BCUT2D eigenvalue weighted by Gasteiger charge is 2.08. The van der Waals surface area contributed by atoms with Gasteiger partial charge in [0.25, 0.3) is 0 Å². The minimum Gasteiger partial charge on any atom is -0.481 e. The Morgan fingerprint density at radius 1 is 1.53 bits per heavy atom. The number of carboxylic acids is 1. The second-order valence-electron chi connectivity index (χ2n) is 3.18. The van der Waals surface area contributed by atoms with E-state index in [9.17, 15) is 9.59 Å². The van der Waals surface area contributed by atoms with Gasteiger partial charge in [0.05, 0.1) is 7.11 Å². The van der Waals surface area contributed by atoms with Crippen LogP contribution in [0.2, 0.25) is 0 Å². The molecule has 0 spiro atoms. The summed E-state index contributed by atoms with van der Waals surface area (Å²) in [5.74, 6) is -1.29. The fraction of sp³-hybridized carbons (Fsp3) is 0.182. The van der Waals surface area contributed by atoms with Crippen molar-refractivity contribution in [2.45, 2.75) is 6.92 Å². The molecule has 2 N–H and O–H groups in total. The summed E-state index contributed by atoms with van der Waals surface area (Å²) in [4.78, 5) is 25.6. The normalized spacial score (nSPS) is 10.8. The van der Waals surface area contributed by atoms with Gasteiger partial charge >= 0.3 is 5.97 Å². The molecule has 1 aromatic heterocycles. The lowest BCUT2D eigenvalue weighted by Gasteiger charge is -2.03. The third-order valence-electron chi connectivity index (χ3n) is 1.82. The molecule has 1 heterocycles. The van der Waals surface area contributed by atoms with Gasteiger partial charge in [0.1, 0.15) is 5.70 Å². The predicted octanol–water partition coefficient (Wildman–Crippen LogP) is 0.652. The summed E-state index contributed by atoms with van der Waals surface area (Å²) in [6.07, 6.45) is 2.81. The Morgan fingerprint density at radius 2 is 2.24 bits per heavy atom. The molecule has 0 unspecified atom stereocenters. The van der Waals surface area contributed by atoms with Crippen LogP contribution in [0.15, 0.2) is 24.0 Å². The van der Waals surface area contributed by atoms with Gasteiger partial charge in [-0.05, 0) is 17.7 Å². The topological polar surface area (TPSA) is 88.5 Å². The van der Waals surface area contributed by atoms with Crippen molar-refractivity contribution in [3.8, 4) is 5.88 Å². The molecule has 17 heavy (non-hydrogen) atoms. The molecule has 0 atom stereocenters. The van der Waals surface area contributed by atoms with Crippen molar-refractivity contribution in [3.63, 3.8) is 0 Å². The number of carbonyl (C=O) groups excluding carboxylic acids is 1. The van der Waals surface area contributed by atoms with Crippen molar-refractivity contribution >= 4 is 18.0 Å². The van der Waals surface area contributed by atoms with Crippen LogP contribution in [0.25, 0.3) is 6.08 Å². The fourth-order valence-corrected chi connectivity index (χ4v) is 1.13. The highest BCUT2D eigenvalue weighted by molar-refractivity contribution is 5.96. The Labute approximate surface area is 97.9 Å². The largest absolute Gasteiger partial charge is 0.481 e. The molecule has 0 aliphatic rings. The lowest BCUT2D eigenvalue weighted by Crippen LogP contribution is -2.24. The maximum absolute atomic E-state index is 10.9. The summed E-state index contributed by atoms with van der Waals surface area (Å²) in [5, 5.41) is 11.1. The van der Waals surface area contributed by atoms with Crippen LogP contribution in [-0.4, -0.2) is 29.1 Å². The van der Waals surface area contributed by atoms with E-state index < -0.39 is 11.9 Å². The Hall–Kier alpha value is -2.37. The zero-order chi connectivity index (χ0) is 12.8. The molecule has 0 saturated carbocycles. The average Bonchev–Trinajstić information content (AvgIpc) is 2.27. The molecule has 0 radical (unpaired) electrons. The van der Waals surface area contributed by atoms with E-state index in [-0.39, 0.29) is 5.70 Å². The molecular weight excluding hydrogens is 224 g/mol. The minimum atomic E-state index is -1.21. The van der Waals surface area contributed by atoms with Crippen LogP contribution >= 0.6 is 0 Å². The van der Waals surface area contributed by atoms with Crippen LogP contribution < -0.4 is 10.1 Å². The van der Waals surface area contributed by atoms with Crippen LogP contribution in [-0.2, 0) is 9.59 Å². The Kier molecular flexibility index (Phi) is 4.21. The summed E-state index contributed by atoms with van der Waals surface area (Å²) in [6, 6.07) is 3.16. The number of pyridine rings is 1. The molecule has 1 aromatic rings. The van der Waals surface area contributed by atoms with Crippen LogP contribution in [0.5, 0.6) is 5.88 Å². The van der Waals surface area contributed by atoms with Gasteiger partial charge in [0, 0.05) is 19.2 Å². The predicted molar refractivity (Wildman–Crippen MR) is 60.2 cm³/mol. The van der Waals surface area contributed by atoms with Crippen LogP contribution in [0.1, 0.15) is 12.5 Å². The fourth-order valence-electron chi connectivity index (χ4n) is 1.13. The van der Waals surface area contributed by atoms with E-state index in [2.05, 4.69) is 10.3 Å². The maximum atomic E-state index is 10.9. The molecular formula is C11H12N2O4. The molecule has 0 aliphatic heterocycles. The molecule has 90 valence electrons. The molecule has 0 fully saturated rings. The van der Waals surface area contributed by atoms with E-state index >= 15 is 0 Å². The summed E-state index contributed by atoms with van der Waals surface area (Å²) in [7, 11) is 1.46. The number of aliphatic carboxylic acids is 1. The maximum Gasteiger partial charge on any atom is 0.352 e. The first-order valence-corrected chi connectivity index (χ1v) is 4.75. The summed E-state index contributed by atoms with van der Waals surface area (Å²) < 4.78 is 4.90. The van der Waals surface area contributed by atoms with Crippen molar-refractivity contribution in [1.29, 1.82) is 0 Å². The van der Waals surface area contributed by atoms with Crippen molar-refractivity contribution in [1.82, 2.24) is 10.3 Å². The number of methoxy groups -OCH3 is 1. The zero-order valence-corrected chi connectivity index (χ0v) is 9.43. The molecule has 0 aliphatic carbocycles. The van der Waals surface area contributed by atoms with Gasteiger partial charge in [0.2, 0.25) is 11.8 Å². The highest BCUT2D eigenvalue weighted by atomic mass is 16.5. The third kappa shape index (κ3) is 3.94. The standard InChI is InChI=1S/C11H12N2O4/c1-7(14)13-9(11(15)16)5-8-3-4-12-10(6-8)17-2/h3-6H,1-2H3,(H,13,14)(H,15,16)/b9-5+. The first-order chi connectivity index (χ1) is 8.02. The number of ether oxygens (including phenoxy) is 1. The first kappa shape index (κ1) is 12.7. The number of carboxylic acid groups (broad SMARTS) is 1. The number of nitrogens with one attached hydrogen (secondary N) is 1. The monoisotopic (exact) mass is 236 g/mol. The van der Waals surface area contributed by atoms with Gasteiger partial charge in [-0.25, -0.2) is 9.78 Å². The Morgan fingerprint density at radius 3 is 2.76 bits per heavy atom. The van der Waals surface area contributed by atoms with E-state index in [1.54, 1.807) is 12.1 Å². The minimum absolute atomic E-state index is 0.203. The van der Waals surface area contributed by atoms with Gasteiger partial charge in [-0.1, -0.05) is 0 Å². The number of hydrogen-bond donors (Lipinski definition) is 2. The van der Waals surface area contributed by atoms with E-state index in [4.69, 9.17) is 9.84 Å². The summed E-state index contributed by atoms with van der Waals surface area (Å²) in [5.41, 5.74) is 0.369. The van der Waals surface area contributed by atoms with E-state index in [1.807, 2.05) is 0 Å². The van der Waals surface area contributed by atoms with Gasteiger partial charge in [-0.3, -0.25) is 4.79 Å². The third-order valence-corrected chi connectivity index (χ3v) is 1.82. The molecule has 0 bridgehead atoms. The molecule has 0 saturated heterocycles.